The Kier molecular flexibility index (Phi) is 6.24. The molecule has 21 heavy (non-hydrogen) atoms. The van der Waals surface area contributed by atoms with Crippen LogP contribution in [0.4, 0.5) is 0 Å². The van der Waals surface area contributed by atoms with Gasteiger partial charge in [0.2, 0.25) is 5.91 Å². The van der Waals surface area contributed by atoms with E-state index in [-0.39, 0.29) is 0 Å². The van der Waals surface area contributed by atoms with Crippen LogP contribution in [0.2, 0.25) is 0 Å². The van der Waals surface area contributed by atoms with E-state index in [1.807, 2.05) is 4.90 Å². The SMILES string of the molecule is CCCNC1CCCN(C(=O)CCc2cccc(C)c2)C1. The van der Waals surface area contributed by atoms with Crippen LogP contribution in [0.1, 0.15) is 43.7 Å². The zero-order chi connectivity index (χ0) is 15.1. The summed E-state index contributed by atoms with van der Waals surface area (Å²) < 4.78 is 0. The molecule has 1 aromatic carbocycles. The van der Waals surface area contributed by atoms with Crippen molar-refractivity contribution in [3.05, 3.63) is 35.4 Å². The summed E-state index contributed by atoms with van der Waals surface area (Å²) in [7, 11) is 0. The molecule has 2 rings (SSSR count). The molecule has 1 fully saturated rings. The zero-order valence-corrected chi connectivity index (χ0v) is 13.4. The quantitative estimate of drug-likeness (QED) is 0.873. The number of hydrogen-bond acceptors (Lipinski definition) is 2. The molecule has 0 radical (unpaired) electrons. The Hall–Kier alpha value is -1.35. The van der Waals surface area contributed by atoms with Gasteiger partial charge in [-0.25, -0.2) is 0 Å². The summed E-state index contributed by atoms with van der Waals surface area (Å²) in [6, 6.07) is 8.94. The third-order valence-electron chi connectivity index (χ3n) is 4.17. The van der Waals surface area contributed by atoms with Crippen LogP contribution < -0.4 is 5.32 Å². The molecule has 0 aliphatic carbocycles. The smallest absolute Gasteiger partial charge is 0.222 e. The molecule has 1 aromatic rings. The number of carbonyl (C=O) groups excluding carboxylic acids is 1. The van der Waals surface area contributed by atoms with E-state index in [4.69, 9.17) is 0 Å². The van der Waals surface area contributed by atoms with Crippen LogP contribution in [0.3, 0.4) is 0 Å². The fraction of sp³-hybridized carbons (Fsp3) is 0.611. The first-order valence-corrected chi connectivity index (χ1v) is 8.25. The van der Waals surface area contributed by atoms with Crippen LogP contribution in [0.25, 0.3) is 0 Å². The average molecular weight is 288 g/mol. The number of rotatable bonds is 6. The van der Waals surface area contributed by atoms with Gasteiger partial charge in [0.1, 0.15) is 0 Å². The standard InChI is InChI=1S/C18H28N2O/c1-3-11-19-17-8-5-12-20(14-17)18(21)10-9-16-7-4-6-15(2)13-16/h4,6-7,13,17,19H,3,5,8-12,14H2,1-2H3. The minimum absolute atomic E-state index is 0.305. The number of likely N-dealkylation sites (tertiary alicyclic amines) is 1. The highest BCUT2D eigenvalue weighted by molar-refractivity contribution is 5.76. The summed E-state index contributed by atoms with van der Waals surface area (Å²) in [5, 5.41) is 3.54. The second kappa shape index (κ2) is 8.18. The molecule has 1 unspecified atom stereocenters. The summed E-state index contributed by atoms with van der Waals surface area (Å²) in [4.78, 5) is 14.4. The van der Waals surface area contributed by atoms with Gasteiger partial charge in [-0.1, -0.05) is 36.8 Å². The Bertz CT molecular complexity index is 458. The molecule has 1 N–H and O–H groups in total. The third-order valence-corrected chi connectivity index (χ3v) is 4.17. The first-order chi connectivity index (χ1) is 10.2. The van der Waals surface area contributed by atoms with Crippen molar-refractivity contribution < 1.29 is 4.79 Å². The van der Waals surface area contributed by atoms with Crippen molar-refractivity contribution in [3.8, 4) is 0 Å². The molecule has 0 aromatic heterocycles. The first-order valence-electron chi connectivity index (χ1n) is 8.25. The second-order valence-corrected chi connectivity index (χ2v) is 6.12. The number of benzene rings is 1. The van der Waals surface area contributed by atoms with Crippen molar-refractivity contribution in [2.45, 2.75) is 52.0 Å². The van der Waals surface area contributed by atoms with E-state index in [1.165, 1.54) is 17.5 Å². The van der Waals surface area contributed by atoms with Gasteiger partial charge in [-0.2, -0.15) is 0 Å². The number of hydrogen-bond donors (Lipinski definition) is 1. The van der Waals surface area contributed by atoms with E-state index in [1.54, 1.807) is 0 Å². The van der Waals surface area contributed by atoms with Crippen LogP contribution in [0.5, 0.6) is 0 Å². The van der Waals surface area contributed by atoms with Gasteiger partial charge in [-0.05, 0) is 44.7 Å². The average Bonchev–Trinajstić information content (AvgIpc) is 2.51. The minimum Gasteiger partial charge on any atom is -0.341 e. The van der Waals surface area contributed by atoms with Gasteiger partial charge in [0.15, 0.2) is 0 Å². The van der Waals surface area contributed by atoms with Crippen LogP contribution in [0, 0.1) is 6.92 Å². The van der Waals surface area contributed by atoms with Crippen LogP contribution in [0.15, 0.2) is 24.3 Å². The van der Waals surface area contributed by atoms with Crippen molar-refractivity contribution >= 4 is 5.91 Å². The summed E-state index contributed by atoms with van der Waals surface area (Å²) in [6.07, 6.45) is 4.95. The highest BCUT2D eigenvalue weighted by Crippen LogP contribution is 2.13. The fourth-order valence-corrected chi connectivity index (χ4v) is 3.00. The maximum absolute atomic E-state index is 12.4. The summed E-state index contributed by atoms with van der Waals surface area (Å²) in [5.41, 5.74) is 2.53. The van der Waals surface area contributed by atoms with Crippen molar-refractivity contribution in [1.82, 2.24) is 10.2 Å². The van der Waals surface area contributed by atoms with E-state index in [9.17, 15) is 4.79 Å². The topological polar surface area (TPSA) is 32.3 Å². The predicted octanol–water partition coefficient (Wildman–Crippen LogP) is 2.92. The maximum Gasteiger partial charge on any atom is 0.222 e. The van der Waals surface area contributed by atoms with E-state index in [0.717, 1.165) is 38.9 Å². The van der Waals surface area contributed by atoms with Gasteiger partial charge in [-0.3, -0.25) is 4.79 Å². The lowest BCUT2D eigenvalue weighted by Gasteiger charge is -2.33. The highest BCUT2D eigenvalue weighted by Gasteiger charge is 2.22. The molecule has 116 valence electrons. The van der Waals surface area contributed by atoms with Crippen molar-refractivity contribution in [2.75, 3.05) is 19.6 Å². The molecule has 1 aliphatic rings. The normalized spacial score (nSPS) is 18.8. The Labute approximate surface area is 128 Å². The van der Waals surface area contributed by atoms with Gasteiger partial charge >= 0.3 is 0 Å². The number of nitrogens with zero attached hydrogens (tertiary/aromatic N) is 1. The number of piperidine rings is 1. The zero-order valence-electron chi connectivity index (χ0n) is 13.4. The van der Waals surface area contributed by atoms with Gasteiger partial charge in [-0.15, -0.1) is 0 Å². The number of amides is 1. The molecule has 1 saturated heterocycles. The molecular formula is C18H28N2O. The monoisotopic (exact) mass is 288 g/mol. The Balaban J connectivity index is 1.79. The first kappa shape index (κ1) is 16.0. The Morgan fingerprint density at radius 1 is 1.43 bits per heavy atom. The molecule has 3 nitrogen and oxygen atoms in total. The van der Waals surface area contributed by atoms with E-state index >= 15 is 0 Å². The molecule has 0 bridgehead atoms. The van der Waals surface area contributed by atoms with Crippen molar-refractivity contribution in [2.24, 2.45) is 0 Å². The molecule has 1 heterocycles. The van der Waals surface area contributed by atoms with Gasteiger partial charge in [0.25, 0.3) is 0 Å². The lowest BCUT2D eigenvalue weighted by molar-refractivity contribution is -0.132. The van der Waals surface area contributed by atoms with Gasteiger partial charge in [0.05, 0.1) is 0 Å². The molecular weight excluding hydrogens is 260 g/mol. The van der Waals surface area contributed by atoms with Crippen LogP contribution >= 0.6 is 0 Å². The number of aryl methyl sites for hydroxylation is 2. The maximum atomic E-state index is 12.4. The Morgan fingerprint density at radius 2 is 2.29 bits per heavy atom. The lowest BCUT2D eigenvalue weighted by atomic mass is 10.0. The van der Waals surface area contributed by atoms with Gasteiger partial charge in [0, 0.05) is 25.6 Å². The predicted molar refractivity (Wildman–Crippen MR) is 87.4 cm³/mol. The number of nitrogens with one attached hydrogen (secondary N) is 1. The van der Waals surface area contributed by atoms with E-state index in [0.29, 0.717) is 18.4 Å². The van der Waals surface area contributed by atoms with E-state index < -0.39 is 0 Å². The minimum atomic E-state index is 0.305. The summed E-state index contributed by atoms with van der Waals surface area (Å²) in [6.45, 7) is 7.14. The van der Waals surface area contributed by atoms with Crippen molar-refractivity contribution in [3.63, 3.8) is 0 Å². The lowest BCUT2D eigenvalue weighted by Crippen LogP contribution is -2.48. The molecule has 1 aliphatic heterocycles. The molecule has 0 spiro atoms. The number of carbonyl (C=O) groups is 1. The van der Waals surface area contributed by atoms with Crippen LogP contribution in [-0.2, 0) is 11.2 Å². The fourth-order valence-electron chi connectivity index (χ4n) is 3.00. The molecule has 0 saturated carbocycles. The van der Waals surface area contributed by atoms with Crippen LogP contribution in [-0.4, -0.2) is 36.5 Å². The van der Waals surface area contributed by atoms with Crippen molar-refractivity contribution in [1.29, 1.82) is 0 Å². The highest BCUT2D eigenvalue weighted by atomic mass is 16.2. The van der Waals surface area contributed by atoms with E-state index in [2.05, 4.69) is 43.4 Å². The third kappa shape index (κ3) is 5.16. The second-order valence-electron chi connectivity index (χ2n) is 6.12. The molecule has 1 atom stereocenters. The van der Waals surface area contributed by atoms with Gasteiger partial charge < -0.3 is 10.2 Å². The molecule has 1 amide bonds. The summed E-state index contributed by atoms with van der Waals surface area (Å²) >= 11 is 0. The summed E-state index contributed by atoms with van der Waals surface area (Å²) in [5.74, 6) is 0.305. The molecule has 3 heteroatoms. The Morgan fingerprint density at radius 3 is 3.05 bits per heavy atom. The largest absolute Gasteiger partial charge is 0.341 e.